The minimum atomic E-state index is -2.92. The Kier molecular flexibility index (Phi) is 4.90. The van der Waals surface area contributed by atoms with Crippen molar-refractivity contribution >= 4 is 37.4 Å². The summed E-state index contributed by atoms with van der Waals surface area (Å²) in [6, 6.07) is 4.93. The van der Waals surface area contributed by atoms with Gasteiger partial charge in [-0.3, -0.25) is 0 Å². The van der Waals surface area contributed by atoms with Crippen LogP contribution in [0.5, 0.6) is 0 Å². The maximum Gasteiger partial charge on any atom is 0.150 e. The van der Waals surface area contributed by atoms with E-state index in [2.05, 4.69) is 15.9 Å². The van der Waals surface area contributed by atoms with Gasteiger partial charge in [0.05, 0.1) is 11.5 Å². The lowest BCUT2D eigenvalue weighted by atomic mass is 9.88. The van der Waals surface area contributed by atoms with Gasteiger partial charge in [0.2, 0.25) is 0 Å². The third-order valence-corrected chi connectivity index (χ3v) is 6.31. The van der Waals surface area contributed by atoms with Gasteiger partial charge in [-0.25, -0.2) is 12.8 Å². The maximum absolute atomic E-state index is 13.8. The Bertz CT molecular complexity index is 562. The molecule has 6 heteroatoms. The fourth-order valence-corrected chi connectivity index (χ4v) is 5.13. The first-order valence-corrected chi connectivity index (χ1v) is 9.26. The van der Waals surface area contributed by atoms with Gasteiger partial charge in [-0.05, 0) is 42.4 Å². The number of rotatable bonds is 4. The van der Waals surface area contributed by atoms with Gasteiger partial charge in [-0.2, -0.15) is 0 Å². The number of hydrogen-bond donors (Lipinski definition) is 0. The Balaban J connectivity index is 2.11. The molecule has 0 amide bonds. The summed E-state index contributed by atoms with van der Waals surface area (Å²) in [5.41, 5.74) is 0.596. The van der Waals surface area contributed by atoms with Crippen LogP contribution in [-0.2, 0) is 16.3 Å². The van der Waals surface area contributed by atoms with Crippen molar-refractivity contribution in [2.45, 2.75) is 12.8 Å². The number of halogens is 3. The second-order valence-corrected chi connectivity index (χ2v) is 8.47. The van der Waals surface area contributed by atoms with Gasteiger partial charge in [0, 0.05) is 10.4 Å². The van der Waals surface area contributed by atoms with Crippen LogP contribution in [-0.4, -0.2) is 25.8 Å². The van der Waals surface area contributed by atoms with Crippen molar-refractivity contribution in [1.29, 1.82) is 0 Å². The molecule has 1 heterocycles. The first-order chi connectivity index (χ1) is 8.91. The molecule has 0 aliphatic carbocycles. The third-order valence-electron chi connectivity index (χ3n) is 3.63. The van der Waals surface area contributed by atoms with E-state index in [-0.39, 0.29) is 29.2 Å². The summed E-state index contributed by atoms with van der Waals surface area (Å²) in [4.78, 5) is 0. The summed E-state index contributed by atoms with van der Waals surface area (Å²) in [5, 5.41) is 0. The van der Waals surface area contributed by atoms with Crippen molar-refractivity contribution in [3.8, 4) is 0 Å². The highest BCUT2D eigenvalue weighted by Gasteiger charge is 2.33. The Hall–Kier alpha value is -0.130. The summed E-state index contributed by atoms with van der Waals surface area (Å²) in [7, 11) is -2.92. The van der Waals surface area contributed by atoms with E-state index in [4.69, 9.17) is 11.6 Å². The van der Waals surface area contributed by atoms with Gasteiger partial charge in [-0.15, -0.1) is 11.6 Å². The average molecular weight is 370 g/mol. The lowest BCUT2D eigenvalue weighted by molar-refractivity contribution is 0.392. The van der Waals surface area contributed by atoms with Crippen LogP contribution >= 0.6 is 27.5 Å². The monoisotopic (exact) mass is 368 g/mol. The molecule has 0 spiro atoms. The summed E-state index contributed by atoms with van der Waals surface area (Å²) in [5.74, 6) is 0.553. The predicted molar refractivity (Wildman–Crippen MR) is 78.8 cm³/mol. The molecule has 0 saturated carbocycles. The summed E-state index contributed by atoms with van der Waals surface area (Å²) in [6.07, 6.45) is 1.13. The average Bonchev–Trinajstić information content (AvgIpc) is 2.69. The smallest absolute Gasteiger partial charge is 0.150 e. The van der Waals surface area contributed by atoms with Crippen LogP contribution in [0.25, 0.3) is 0 Å². The fraction of sp³-hybridized carbons (Fsp3) is 0.538. The van der Waals surface area contributed by atoms with Gasteiger partial charge in [-0.1, -0.05) is 22.0 Å². The van der Waals surface area contributed by atoms with E-state index in [1.807, 2.05) is 0 Å². The lowest BCUT2D eigenvalue weighted by Crippen LogP contribution is -2.20. The predicted octanol–water partition coefficient (Wildman–Crippen LogP) is 3.42. The normalized spacial score (nSPS) is 23.4. The highest BCUT2D eigenvalue weighted by Crippen LogP contribution is 2.30. The molecule has 106 valence electrons. The molecular weight excluding hydrogens is 355 g/mol. The van der Waals surface area contributed by atoms with Crippen molar-refractivity contribution < 1.29 is 12.8 Å². The molecule has 2 atom stereocenters. The van der Waals surface area contributed by atoms with E-state index in [1.54, 1.807) is 12.1 Å². The second kappa shape index (κ2) is 6.10. The summed E-state index contributed by atoms with van der Waals surface area (Å²) < 4.78 is 37.5. The molecule has 1 fully saturated rings. The highest BCUT2D eigenvalue weighted by atomic mass is 79.9. The van der Waals surface area contributed by atoms with Gasteiger partial charge in [0.1, 0.15) is 5.82 Å². The molecule has 0 bridgehead atoms. The largest absolute Gasteiger partial charge is 0.229 e. The Labute approximate surface area is 126 Å². The van der Waals surface area contributed by atoms with E-state index in [9.17, 15) is 12.8 Å². The summed E-state index contributed by atoms with van der Waals surface area (Å²) in [6.45, 7) is 0. The molecule has 2 unspecified atom stereocenters. The second-order valence-electron chi connectivity index (χ2n) is 5.02. The van der Waals surface area contributed by atoms with Crippen molar-refractivity contribution in [1.82, 2.24) is 0 Å². The van der Waals surface area contributed by atoms with Gasteiger partial charge in [0.25, 0.3) is 0 Å². The van der Waals surface area contributed by atoms with Crippen LogP contribution in [0.3, 0.4) is 0 Å². The Morgan fingerprint density at radius 3 is 2.74 bits per heavy atom. The van der Waals surface area contributed by atoms with Gasteiger partial charge < -0.3 is 0 Å². The van der Waals surface area contributed by atoms with E-state index >= 15 is 0 Å². The highest BCUT2D eigenvalue weighted by molar-refractivity contribution is 9.10. The molecule has 2 rings (SSSR count). The SMILES string of the molecule is O=S1(=O)CCC(C(CCl)Cc2ccc(Br)cc2F)C1. The zero-order valence-electron chi connectivity index (χ0n) is 10.3. The number of hydrogen-bond acceptors (Lipinski definition) is 2. The Morgan fingerprint density at radius 1 is 1.47 bits per heavy atom. The van der Waals surface area contributed by atoms with Crippen LogP contribution in [0, 0.1) is 17.7 Å². The van der Waals surface area contributed by atoms with Gasteiger partial charge in [0.15, 0.2) is 9.84 Å². The van der Waals surface area contributed by atoms with E-state index in [1.165, 1.54) is 6.07 Å². The first kappa shape index (κ1) is 15.3. The zero-order valence-corrected chi connectivity index (χ0v) is 13.4. The van der Waals surface area contributed by atoms with Crippen LogP contribution in [0.15, 0.2) is 22.7 Å². The standard InChI is InChI=1S/C13H15BrClFO2S/c14-12-2-1-9(13(16)6-12)5-11(7-15)10-3-4-19(17,18)8-10/h1-2,6,10-11H,3-5,7-8H2. The zero-order chi connectivity index (χ0) is 14.0. The number of sulfone groups is 1. The van der Waals surface area contributed by atoms with Gasteiger partial charge >= 0.3 is 0 Å². The minimum Gasteiger partial charge on any atom is -0.229 e. The minimum absolute atomic E-state index is 0.00890. The van der Waals surface area contributed by atoms with Crippen molar-refractivity contribution in [2.24, 2.45) is 11.8 Å². The van der Waals surface area contributed by atoms with Crippen LogP contribution < -0.4 is 0 Å². The van der Waals surface area contributed by atoms with Crippen LogP contribution in [0.2, 0.25) is 0 Å². The lowest BCUT2D eigenvalue weighted by Gasteiger charge is -2.20. The number of benzene rings is 1. The molecule has 1 aromatic rings. The van der Waals surface area contributed by atoms with E-state index < -0.39 is 9.84 Å². The molecule has 0 radical (unpaired) electrons. The fourth-order valence-electron chi connectivity index (χ4n) is 2.51. The molecule has 0 aromatic heterocycles. The van der Waals surface area contributed by atoms with E-state index in [0.717, 1.165) is 0 Å². The molecule has 1 aromatic carbocycles. The van der Waals surface area contributed by atoms with Crippen LogP contribution in [0.1, 0.15) is 12.0 Å². The number of alkyl halides is 1. The molecule has 2 nitrogen and oxygen atoms in total. The van der Waals surface area contributed by atoms with Crippen LogP contribution in [0.4, 0.5) is 4.39 Å². The summed E-state index contributed by atoms with van der Waals surface area (Å²) >= 11 is 9.16. The van der Waals surface area contributed by atoms with Crippen molar-refractivity contribution in [3.05, 3.63) is 34.1 Å². The topological polar surface area (TPSA) is 34.1 Å². The van der Waals surface area contributed by atoms with Crippen molar-refractivity contribution in [2.75, 3.05) is 17.4 Å². The Morgan fingerprint density at radius 2 is 2.21 bits per heavy atom. The molecule has 1 saturated heterocycles. The van der Waals surface area contributed by atoms with E-state index in [0.29, 0.717) is 28.8 Å². The molecule has 0 N–H and O–H groups in total. The molecule has 19 heavy (non-hydrogen) atoms. The molecular formula is C13H15BrClFO2S. The third kappa shape index (κ3) is 3.92. The quantitative estimate of drug-likeness (QED) is 0.762. The maximum atomic E-state index is 13.8. The molecule has 1 aliphatic heterocycles. The molecule has 1 aliphatic rings. The first-order valence-electron chi connectivity index (χ1n) is 6.11. The van der Waals surface area contributed by atoms with Crippen molar-refractivity contribution in [3.63, 3.8) is 0 Å².